The van der Waals surface area contributed by atoms with E-state index in [9.17, 15) is 0 Å². The van der Waals surface area contributed by atoms with Crippen LogP contribution in [0.3, 0.4) is 0 Å². The van der Waals surface area contributed by atoms with Gasteiger partial charge in [-0.1, -0.05) is 6.92 Å². The van der Waals surface area contributed by atoms with Crippen LogP contribution in [0, 0.1) is 0 Å². The molecule has 108 valence electrons. The van der Waals surface area contributed by atoms with Crippen LogP contribution in [-0.2, 0) is 24.8 Å². The predicted molar refractivity (Wildman–Crippen MR) is 76.4 cm³/mol. The molecule has 0 radical (unpaired) electrons. The summed E-state index contributed by atoms with van der Waals surface area (Å²) in [6, 6.07) is 1.73. The molecule has 8 heteroatoms. The Morgan fingerprint density at radius 3 is 2.75 bits per heavy atom. The van der Waals surface area contributed by atoms with Crippen LogP contribution in [0.4, 0.5) is 17.3 Å². The van der Waals surface area contributed by atoms with Crippen molar-refractivity contribution in [3.05, 3.63) is 23.8 Å². The zero-order chi connectivity index (χ0) is 14.5. The molecule has 0 amide bonds. The molecular weight excluding hydrogens is 258 g/mol. The Hall–Kier alpha value is -2.19. The van der Waals surface area contributed by atoms with Crippen LogP contribution in [-0.4, -0.2) is 26.9 Å². The van der Waals surface area contributed by atoms with Gasteiger partial charge in [0.1, 0.15) is 18.2 Å². The average molecular weight is 277 g/mol. The summed E-state index contributed by atoms with van der Waals surface area (Å²) in [5, 5.41) is 7.60. The molecule has 2 rings (SSSR count). The third-order valence-electron chi connectivity index (χ3n) is 2.70. The molecule has 0 aliphatic heterocycles. The largest absolute Gasteiger partial charge is 0.377 e. The van der Waals surface area contributed by atoms with Gasteiger partial charge in [0.2, 0.25) is 0 Å². The van der Waals surface area contributed by atoms with E-state index in [2.05, 4.69) is 32.7 Å². The summed E-state index contributed by atoms with van der Waals surface area (Å²) in [5.74, 6) is 7.13. The first-order valence-corrected chi connectivity index (χ1v) is 6.29. The summed E-state index contributed by atoms with van der Waals surface area (Å²) < 4.78 is 6.81. The van der Waals surface area contributed by atoms with Gasteiger partial charge in [0.25, 0.3) is 0 Å². The third-order valence-corrected chi connectivity index (χ3v) is 2.70. The lowest BCUT2D eigenvalue weighted by Gasteiger charge is -2.09. The summed E-state index contributed by atoms with van der Waals surface area (Å²) in [6.07, 6.45) is 2.74. The van der Waals surface area contributed by atoms with Crippen molar-refractivity contribution < 1.29 is 4.74 Å². The Morgan fingerprint density at radius 2 is 2.10 bits per heavy atom. The fourth-order valence-electron chi connectivity index (χ4n) is 1.87. The molecule has 0 spiro atoms. The molecule has 8 nitrogen and oxygen atoms in total. The van der Waals surface area contributed by atoms with Crippen molar-refractivity contribution in [2.45, 2.75) is 20.0 Å². The van der Waals surface area contributed by atoms with Crippen molar-refractivity contribution in [1.82, 2.24) is 19.7 Å². The highest BCUT2D eigenvalue weighted by atomic mass is 16.5. The van der Waals surface area contributed by atoms with Crippen molar-refractivity contribution in [2.24, 2.45) is 12.9 Å². The molecule has 0 aliphatic rings. The first-order chi connectivity index (χ1) is 9.66. The molecule has 0 fully saturated rings. The minimum absolute atomic E-state index is 0.317. The van der Waals surface area contributed by atoms with E-state index in [4.69, 9.17) is 10.6 Å². The third kappa shape index (κ3) is 3.22. The van der Waals surface area contributed by atoms with Gasteiger partial charge in [0.15, 0.2) is 5.82 Å². The second kappa shape index (κ2) is 6.31. The van der Waals surface area contributed by atoms with Crippen LogP contribution in [0.1, 0.15) is 18.4 Å². The number of aromatic nitrogens is 4. The maximum Gasteiger partial charge on any atom is 0.158 e. The van der Waals surface area contributed by atoms with E-state index in [1.807, 2.05) is 13.2 Å². The van der Waals surface area contributed by atoms with Gasteiger partial charge in [-0.2, -0.15) is 5.10 Å². The molecular formula is C12H19N7O. The lowest BCUT2D eigenvalue weighted by atomic mass is 10.3. The fraction of sp³-hybridized carbons (Fsp3) is 0.417. The predicted octanol–water partition coefficient (Wildman–Crippen LogP) is 0.948. The van der Waals surface area contributed by atoms with Gasteiger partial charge in [-0.25, -0.2) is 15.8 Å². The fourth-order valence-corrected chi connectivity index (χ4v) is 1.87. The lowest BCUT2D eigenvalue weighted by Crippen LogP contribution is -2.12. The zero-order valence-corrected chi connectivity index (χ0v) is 11.8. The number of rotatable bonds is 6. The number of aryl methyl sites for hydroxylation is 2. The minimum Gasteiger partial charge on any atom is -0.377 e. The number of hydrogen-bond acceptors (Lipinski definition) is 7. The summed E-state index contributed by atoms with van der Waals surface area (Å²) in [7, 11) is 3.48. The molecule has 0 atom stereocenters. The van der Waals surface area contributed by atoms with Crippen molar-refractivity contribution in [3.63, 3.8) is 0 Å². The molecule has 4 N–H and O–H groups in total. The standard InChI is InChI=1S/C12H19N7O/c1-4-8-9(6-19(2)18-8)14-10-5-11(17-13)16-12(15-10)7-20-3/h5-6H,4,7,13H2,1-3H3,(H2,14,15,16,17). The highest BCUT2D eigenvalue weighted by Crippen LogP contribution is 2.20. The van der Waals surface area contributed by atoms with E-state index in [0.29, 0.717) is 24.1 Å². The summed E-state index contributed by atoms with van der Waals surface area (Å²) >= 11 is 0. The van der Waals surface area contributed by atoms with Crippen LogP contribution in [0.15, 0.2) is 12.3 Å². The van der Waals surface area contributed by atoms with E-state index >= 15 is 0 Å². The summed E-state index contributed by atoms with van der Waals surface area (Å²) in [5.41, 5.74) is 4.41. The van der Waals surface area contributed by atoms with E-state index in [0.717, 1.165) is 17.8 Å². The van der Waals surface area contributed by atoms with E-state index in [1.165, 1.54) is 0 Å². The normalized spacial score (nSPS) is 10.6. The Morgan fingerprint density at radius 1 is 1.35 bits per heavy atom. The van der Waals surface area contributed by atoms with Gasteiger partial charge in [-0.15, -0.1) is 0 Å². The first-order valence-electron chi connectivity index (χ1n) is 6.29. The lowest BCUT2D eigenvalue weighted by molar-refractivity contribution is 0.178. The first kappa shape index (κ1) is 14.2. The van der Waals surface area contributed by atoms with Gasteiger partial charge in [-0.3, -0.25) is 4.68 Å². The maximum atomic E-state index is 5.41. The summed E-state index contributed by atoms with van der Waals surface area (Å²) in [4.78, 5) is 8.57. The number of nitrogen functional groups attached to an aromatic ring is 1. The Kier molecular flexibility index (Phi) is 4.49. The number of hydrogen-bond donors (Lipinski definition) is 3. The maximum absolute atomic E-state index is 5.41. The minimum atomic E-state index is 0.317. The Labute approximate surface area is 117 Å². The Bertz CT molecular complexity index is 581. The molecule has 0 saturated heterocycles. The molecule has 2 aromatic rings. The van der Waals surface area contributed by atoms with Gasteiger partial charge in [-0.05, 0) is 6.42 Å². The van der Waals surface area contributed by atoms with E-state index < -0.39 is 0 Å². The number of methoxy groups -OCH3 is 1. The van der Waals surface area contributed by atoms with Gasteiger partial charge in [0, 0.05) is 26.4 Å². The number of anilines is 3. The molecule has 0 aromatic carbocycles. The highest BCUT2D eigenvalue weighted by molar-refractivity contribution is 5.60. The van der Waals surface area contributed by atoms with Crippen LogP contribution in [0.25, 0.3) is 0 Å². The van der Waals surface area contributed by atoms with Gasteiger partial charge < -0.3 is 15.5 Å². The van der Waals surface area contributed by atoms with E-state index in [-0.39, 0.29) is 0 Å². The van der Waals surface area contributed by atoms with Crippen molar-refractivity contribution >= 4 is 17.3 Å². The number of nitrogens with one attached hydrogen (secondary N) is 2. The molecule has 0 aliphatic carbocycles. The van der Waals surface area contributed by atoms with Crippen molar-refractivity contribution in [2.75, 3.05) is 17.9 Å². The molecule has 2 heterocycles. The molecule has 20 heavy (non-hydrogen) atoms. The second-order valence-electron chi connectivity index (χ2n) is 4.27. The number of hydrazine groups is 1. The quantitative estimate of drug-likeness (QED) is 0.533. The van der Waals surface area contributed by atoms with Crippen molar-refractivity contribution in [1.29, 1.82) is 0 Å². The van der Waals surface area contributed by atoms with Gasteiger partial charge in [0.05, 0.1) is 11.4 Å². The number of nitrogens with two attached hydrogens (primary N) is 1. The zero-order valence-electron chi connectivity index (χ0n) is 11.8. The molecule has 0 unspecified atom stereocenters. The smallest absolute Gasteiger partial charge is 0.158 e. The number of nitrogens with zero attached hydrogens (tertiary/aromatic N) is 4. The summed E-state index contributed by atoms with van der Waals surface area (Å²) in [6.45, 7) is 2.37. The van der Waals surface area contributed by atoms with Gasteiger partial charge >= 0.3 is 0 Å². The van der Waals surface area contributed by atoms with Crippen molar-refractivity contribution in [3.8, 4) is 0 Å². The van der Waals surface area contributed by atoms with E-state index in [1.54, 1.807) is 17.9 Å². The topological polar surface area (TPSA) is 103 Å². The Balaban J connectivity index is 2.29. The van der Waals surface area contributed by atoms with Crippen LogP contribution >= 0.6 is 0 Å². The molecule has 2 aromatic heterocycles. The van der Waals surface area contributed by atoms with Crippen LogP contribution in [0.5, 0.6) is 0 Å². The monoisotopic (exact) mass is 277 g/mol. The second-order valence-corrected chi connectivity index (χ2v) is 4.27. The SMILES string of the molecule is CCc1nn(C)cc1Nc1cc(NN)nc(COC)n1. The van der Waals surface area contributed by atoms with Crippen LogP contribution < -0.4 is 16.6 Å². The highest BCUT2D eigenvalue weighted by Gasteiger charge is 2.09. The average Bonchev–Trinajstić information content (AvgIpc) is 2.78. The molecule has 0 bridgehead atoms. The van der Waals surface area contributed by atoms with Crippen LogP contribution in [0.2, 0.25) is 0 Å². The number of ether oxygens (including phenoxy) is 1. The molecule has 0 saturated carbocycles.